The van der Waals surface area contributed by atoms with Gasteiger partial charge < -0.3 is 4.74 Å². The van der Waals surface area contributed by atoms with Crippen molar-refractivity contribution in [3.63, 3.8) is 0 Å². The molecule has 2 nitrogen and oxygen atoms in total. The van der Waals surface area contributed by atoms with Crippen molar-refractivity contribution in [3.8, 4) is 0 Å². The number of rotatable bonds is 4. The fourth-order valence-electron chi connectivity index (χ4n) is 0.367. The van der Waals surface area contributed by atoms with Crippen molar-refractivity contribution in [2.75, 3.05) is 13.2 Å². The Kier molecular flexibility index (Phi) is 5.01. The van der Waals surface area contributed by atoms with Crippen LogP contribution in [0.25, 0.3) is 0 Å². The van der Waals surface area contributed by atoms with E-state index in [0.29, 0.717) is 6.61 Å². The first kappa shape index (κ1) is 7.92. The first-order valence-corrected chi connectivity index (χ1v) is 3.01. The molecule has 0 rings (SSSR count). The predicted molar refractivity (Wildman–Crippen MR) is 31.3 cm³/mol. The Labute approximate surface area is 50.5 Å². The molecule has 0 saturated heterocycles. The molecule has 2 heteroatoms. The lowest BCUT2D eigenvalue weighted by molar-refractivity contribution is 0.0195. The average molecular weight is 117 g/mol. The van der Waals surface area contributed by atoms with Crippen molar-refractivity contribution in [3.05, 3.63) is 0 Å². The predicted octanol–water partition coefficient (Wildman–Crippen LogP) is 1.23. The van der Waals surface area contributed by atoms with Gasteiger partial charge in [0, 0.05) is 0 Å². The lowest BCUT2D eigenvalue weighted by Gasteiger charge is -2.06. The second-order valence-electron chi connectivity index (χ2n) is 1.79. The Hall–Kier alpha value is -0.0800. The van der Waals surface area contributed by atoms with Crippen LogP contribution in [0.15, 0.2) is 0 Å². The molecule has 0 bridgehead atoms. The Bertz CT molecular complexity index is 45.8. The van der Waals surface area contributed by atoms with Crippen molar-refractivity contribution in [1.29, 1.82) is 0 Å². The highest BCUT2D eigenvalue weighted by Crippen LogP contribution is 1.93. The van der Waals surface area contributed by atoms with Crippen LogP contribution in [0, 0.1) is 0 Å². The third-order valence-electron chi connectivity index (χ3n) is 1.06. The largest absolute Gasteiger partial charge is 0.376 e. The molecule has 1 unspecified atom stereocenters. The van der Waals surface area contributed by atoms with Crippen molar-refractivity contribution in [2.24, 2.45) is 0 Å². The van der Waals surface area contributed by atoms with Crippen molar-refractivity contribution in [1.82, 2.24) is 0 Å². The summed E-state index contributed by atoms with van der Waals surface area (Å²) < 4.78 is 5.03. The summed E-state index contributed by atoms with van der Waals surface area (Å²) in [6.07, 6.45) is 1.24. The quantitative estimate of drug-likeness (QED) is 0.544. The first-order valence-electron chi connectivity index (χ1n) is 3.01. The molecule has 0 aromatic carbocycles. The molecule has 0 aliphatic heterocycles. The summed E-state index contributed by atoms with van der Waals surface area (Å²) in [4.78, 5) is 0. The molecule has 0 aliphatic rings. The fourth-order valence-corrected chi connectivity index (χ4v) is 0.367. The van der Waals surface area contributed by atoms with Crippen LogP contribution in [0.3, 0.4) is 0 Å². The molecule has 0 fully saturated rings. The minimum atomic E-state index is -0.121. The zero-order valence-corrected chi connectivity index (χ0v) is 5.52. The zero-order valence-electron chi connectivity index (χ0n) is 5.52. The van der Waals surface area contributed by atoms with Gasteiger partial charge in [-0.3, -0.25) is 0 Å². The highest BCUT2D eigenvalue weighted by atomic mass is 16.5. The molecule has 0 amide bonds. The van der Waals surface area contributed by atoms with E-state index in [9.17, 15) is 5.11 Å². The van der Waals surface area contributed by atoms with Crippen LogP contribution in [-0.2, 0) is 9.84 Å². The summed E-state index contributed by atoms with van der Waals surface area (Å²) in [5, 5.41) is 9.83. The Morgan fingerprint density at radius 2 is 2.25 bits per heavy atom. The van der Waals surface area contributed by atoms with E-state index in [2.05, 4.69) is 0 Å². The third kappa shape index (κ3) is 4.09. The SMILES string of the molecule is CCC(C)OCC[O]. The highest BCUT2D eigenvalue weighted by molar-refractivity contribution is 4.42. The van der Waals surface area contributed by atoms with Gasteiger partial charge in [-0.1, -0.05) is 6.92 Å². The van der Waals surface area contributed by atoms with Crippen LogP contribution < -0.4 is 0 Å². The summed E-state index contributed by atoms with van der Waals surface area (Å²) in [5.74, 6) is 0. The molecule has 1 atom stereocenters. The van der Waals surface area contributed by atoms with E-state index in [1.807, 2.05) is 13.8 Å². The normalized spacial score (nSPS) is 13.9. The van der Waals surface area contributed by atoms with Crippen LogP contribution >= 0.6 is 0 Å². The van der Waals surface area contributed by atoms with Crippen molar-refractivity contribution in [2.45, 2.75) is 26.4 Å². The smallest absolute Gasteiger partial charge is 0.106 e. The molecule has 0 saturated carbocycles. The zero-order chi connectivity index (χ0) is 6.41. The molecule has 0 heterocycles. The molecule has 0 N–H and O–H groups in total. The van der Waals surface area contributed by atoms with E-state index in [1.165, 1.54) is 0 Å². The van der Waals surface area contributed by atoms with Crippen LogP contribution in [0.2, 0.25) is 0 Å². The summed E-state index contributed by atoms with van der Waals surface area (Å²) >= 11 is 0. The summed E-state index contributed by atoms with van der Waals surface area (Å²) in [5.41, 5.74) is 0. The molecule has 0 aromatic heterocycles. The summed E-state index contributed by atoms with van der Waals surface area (Å²) in [7, 11) is 0. The van der Waals surface area contributed by atoms with Gasteiger partial charge in [-0.2, -0.15) is 0 Å². The maximum atomic E-state index is 9.83. The van der Waals surface area contributed by atoms with E-state index in [1.54, 1.807) is 0 Å². The van der Waals surface area contributed by atoms with E-state index in [-0.39, 0.29) is 12.7 Å². The minimum Gasteiger partial charge on any atom is -0.376 e. The molecule has 49 valence electrons. The molecular weight excluding hydrogens is 104 g/mol. The van der Waals surface area contributed by atoms with Gasteiger partial charge in [-0.05, 0) is 13.3 Å². The number of hydrogen-bond donors (Lipinski definition) is 0. The Morgan fingerprint density at radius 1 is 1.62 bits per heavy atom. The maximum absolute atomic E-state index is 9.83. The number of hydrogen-bond acceptors (Lipinski definition) is 1. The maximum Gasteiger partial charge on any atom is 0.106 e. The van der Waals surface area contributed by atoms with Crippen molar-refractivity contribution < 1.29 is 9.84 Å². The molecule has 8 heavy (non-hydrogen) atoms. The van der Waals surface area contributed by atoms with Crippen LogP contribution in [0.1, 0.15) is 20.3 Å². The van der Waals surface area contributed by atoms with Crippen LogP contribution in [-0.4, -0.2) is 19.3 Å². The van der Waals surface area contributed by atoms with Gasteiger partial charge in [0.1, 0.15) is 6.61 Å². The van der Waals surface area contributed by atoms with Gasteiger partial charge in [0.05, 0.1) is 12.7 Å². The monoisotopic (exact) mass is 117 g/mol. The topological polar surface area (TPSA) is 29.1 Å². The van der Waals surface area contributed by atoms with Gasteiger partial charge >= 0.3 is 0 Å². The van der Waals surface area contributed by atoms with E-state index in [4.69, 9.17) is 4.74 Å². The van der Waals surface area contributed by atoms with Crippen LogP contribution in [0.4, 0.5) is 0 Å². The lowest BCUT2D eigenvalue weighted by Crippen LogP contribution is -2.08. The summed E-state index contributed by atoms with van der Waals surface area (Å²) in [6.45, 7) is 4.24. The lowest BCUT2D eigenvalue weighted by atomic mass is 10.3. The van der Waals surface area contributed by atoms with Gasteiger partial charge in [0.25, 0.3) is 0 Å². The molecular formula is C6H13O2. The third-order valence-corrected chi connectivity index (χ3v) is 1.06. The van der Waals surface area contributed by atoms with E-state index in [0.717, 1.165) is 6.42 Å². The molecule has 0 aromatic rings. The molecule has 0 aliphatic carbocycles. The van der Waals surface area contributed by atoms with Gasteiger partial charge in [0.2, 0.25) is 0 Å². The standard InChI is InChI=1S/C6H13O2/c1-3-6(2)8-5-4-7/h6H,3-5H2,1-2H3. The average Bonchev–Trinajstić information content (AvgIpc) is 1.83. The number of ether oxygens (including phenoxy) is 1. The van der Waals surface area contributed by atoms with Crippen LogP contribution in [0.5, 0.6) is 0 Å². The van der Waals surface area contributed by atoms with Gasteiger partial charge in [-0.15, -0.1) is 0 Å². The first-order chi connectivity index (χ1) is 3.81. The fraction of sp³-hybridized carbons (Fsp3) is 1.00. The second kappa shape index (κ2) is 5.06. The van der Waals surface area contributed by atoms with Gasteiger partial charge in [0.15, 0.2) is 0 Å². The van der Waals surface area contributed by atoms with Crippen molar-refractivity contribution >= 4 is 0 Å². The molecule has 0 spiro atoms. The van der Waals surface area contributed by atoms with Gasteiger partial charge in [-0.25, -0.2) is 5.11 Å². The van der Waals surface area contributed by atoms with E-state index < -0.39 is 0 Å². The Balaban J connectivity index is 2.86. The second-order valence-corrected chi connectivity index (χ2v) is 1.79. The highest BCUT2D eigenvalue weighted by Gasteiger charge is 1.94. The molecule has 1 radical (unpaired) electrons. The summed E-state index contributed by atoms with van der Waals surface area (Å²) in [6, 6.07) is 0. The van der Waals surface area contributed by atoms with E-state index >= 15 is 0 Å². The Morgan fingerprint density at radius 3 is 2.62 bits per heavy atom. The minimum absolute atomic E-state index is 0.121.